The fraction of sp³-hybridized carbons (Fsp3) is 0.348. The predicted molar refractivity (Wildman–Crippen MR) is 125 cm³/mol. The molecule has 5 nitrogen and oxygen atoms in total. The zero-order valence-corrected chi connectivity index (χ0v) is 19.0. The molecule has 0 spiro atoms. The van der Waals surface area contributed by atoms with Crippen molar-refractivity contribution in [2.24, 2.45) is 0 Å². The first-order valence-electron chi connectivity index (χ1n) is 10.2. The summed E-state index contributed by atoms with van der Waals surface area (Å²) >= 11 is 0. The van der Waals surface area contributed by atoms with Crippen molar-refractivity contribution in [2.45, 2.75) is 36.0 Å². The van der Waals surface area contributed by atoms with Gasteiger partial charge in [0.15, 0.2) is 0 Å². The molecule has 0 radical (unpaired) electrons. The molecule has 160 valence electrons. The van der Waals surface area contributed by atoms with Crippen LogP contribution in [0, 0.1) is 0 Å². The topological polar surface area (TPSA) is 62.3 Å². The number of aromatic nitrogens is 1. The third-order valence-corrected chi connectivity index (χ3v) is 7.31. The van der Waals surface area contributed by atoms with Crippen molar-refractivity contribution < 1.29 is 8.42 Å². The van der Waals surface area contributed by atoms with Gasteiger partial charge in [-0.25, -0.2) is 8.42 Å². The molecule has 30 heavy (non-hydrogen) atoms. The third kappa shape index (κ3) is 4.46. The number of nitrogens with one attached hydrogen (secondary N) is 1. The van der Waals surface area contributed by atoms with E-state index in [9.17, 15) is 8.42 Å². The van der Waals surface area contributed by atoms with Crippen LogP contribution < -0.4 is 10.2 Å². The second kappa shape index (κ2) is 9.33. The molecule has 1 saturated heterocycles. The molecular weight excluding hydrogens is 418 g/mol. The normalized spacial score (nSPS) is 15.1. The van der Waals surface area contributed by atoms with Crippen molar-refractivity contribution >= 4 is 38.8 Å². The van der Waals surface area contributed by atoms with Crippen LogP contribution in [0.4, 0.5) is 5.69 Å². The van der Waals surface area contributed by atoms with E-state index in [2.05, 4.69) is 29.0 Å². The van der Waals surface area contributed by atoms with E-state index in [0.29, 0.717) is 15.7 Å². The number of halogens is 1. The average Bonchev–Trinajstić information content (AvgIpc) is 3.02. The fourth-order valence-electron chi connectivity index (χ4n) is 3.81. The summed E-state index contributed by atoms with van der Waals surface area (Å²) < 4.78 is 26.5. The molecule has 0 aliphatic carbocycles. The summed E-state index contributed by atoms with van der Waals surface area (Å²) in [6.45, 7) is 7.96. The highest BCUT2D eigenvalue weighted by atomic mass is 35.5. The number of hydrogen-bond donors (Lipinski definition) is 1. The second-order valence-corrected chi connectivity index (χ2v) is 9.78. The van der Waals surface area contributed by atoms with Crippen LogP contribution in [0.3, 0.4) is 0 Å². The van der Waals surface area contributed by atoms with Crippen LogP contribution >= 0.6 is 12.4 Å². The van der Waals surface area contributed by atoms with E-state index in [0.717, 1.165) is 54.8 Å². The van der Waals surface area contributed by atoms with Gasteiger partial charge in [0.2, 0.25) is 9.84 Å². The first kappa shape index (κ1) is 22.5. The van der Waals surface area contributed by atoms with Crippen molar-refractivity contribution in [1.82, 2.24) is 10.3 Å². The number of rotatable bonds is 4. The van der Waals surface area contributed by atoms with E-state index < -0.39 is 9.84 Å². The highest BCUT2D eigenvalue weighted by Gasteiger charge is 2.20. The van der Waals surface area contributed by atoms with Crippen LogP contribution in [-0.2, 0) is 9.84 Å². The SMILES string of the molecule is CC(C)c1ccc(S(=O)(=O)c2ccc3nccc(N4CCCNCC4)c3c2)cc1.Cl. The summed E-state index contributed by atoms with van der Waals surface area (Å²) in [7, 11) is -3.59. The monoisotopic (exact) mass is 445 g/mol. The molecule has 0 unspecified atom stereocenters. The highest BCUT2D eigenvalue weighted by molar-refractivity contribution is 7.91. The van der Waals surface area contributed by atoms with Gasteiger partial charge >= 0.3 is 0 Å². The Kier molecular flexibility index (Phi) is 7.01. The minimum atomic E-state index is -3.59. The fourth-order valence-corrected chi connectivity index (χ4v) is 5.10. The lowest BCUT2D eigenvalue weighted by Gasteiger charge is -2.24. The number of sulfone groups is 1. The van der Waals surface area contributed by atoms with Gasteiger partial charge in [-0.05, 0) is 60.8 Å². The molecule has 0 atom stereocenters. The lowest BCUT2D eigenvalue weighted by Crippen LogP contribution is -2.28. The van der Waals surface area contributed by atoms with E-state index in [-0.39, 0.29) is 12.4 Å². The lowest BCUT2D eigenvalue weighted by molar-refractivity contribution is 0.596. The van der Waals surface area contributed by atoms with Crippen LogP contribution in [0.5, 0.6) is 0 Å². The number of fused-ring (bicyclic) bond motifs is 1. The van der Waals surface area contributed by atoms with Crippen LogP contribution in [0.25, 0.3) is 10.9 Å². The highest BCUT2D eigenvalue weighted by Crippen LogP contribution is 2.30. The van der Waals surface area contributed by atoms with Crippen LogP contribution in [0.1, 0.15) is 31.7 Å². The molecule has 7 heteroatoms. The molecule has 3 aromatic rings. The zero-order valence-electron chi connectivity index (χ0n) is 17.3. The van der Waals surface area contributed by atoms with Crippen molar-refractivity contribution in [1.29, 1.82) is 0 Å². The minimum Gasteiger partial charge on any atom is -0.370 e. The van der Waals surface area contributed by atoms with Gasteiger partial charge in [0.05, 0.1) is 15.3 Å². The molecule has 1 aromatic heterocycles. The van der Waals surface area contributed by atoms with Crippen molar-refractivity contribution in [3.05, 3.63) is 60.3 Å². The molecule has 0 bridgehead atoms. The standard InChI is InChI=1S/C23H27N3O2S.ClH/c1-17(2)18-4-6-19(7-5-18)29(27,28)20-8-9-22-21(16-20)23(10-12-25-22)26-14-3-11-24-13-15-26;/h4-10,12,16-17,24H,3,11,13-15H2,1-2H3;1H. The largest absolute Gasteiger partial charge is 0.370 e. The first-order valence-corrected chi connectivity index (χ1v) is 11.6. The third-order valence-electron chi connectivity index (χ3n) is 5.54. The molecule has 0 amide bonds. The molecule has 1 N–H and O–H groups in total. The minimum absolute atomic E-state index is 0. The molecule has 1 aliphatic rings. The van der Waals surface area contributed by atoms with E-state index in [4.69, 9.17) is 0 Å². The maximum absolute atomic E-state index is 13.3. The quantitative estimate of drug-likeness (QED) is 0.644. The molecule has 2 heterocycles. The summed E-state index contributed by atoms with van der Waals surface area (Å²) in [5.74, 6) is 0.365. The molecule has 0 saturated carbocycles. The molecule has 4 rings (SSSR count). The Hall–Kier alpha value is -2.15. The molecule has 1 aliphatic heterocycles. The van der Waals surface area contributed by atoms with Gasteiger partial charge in [0, 0.05) is 36.9 Å². The van der Waals surface area contributed by atoms with Crippen LogP contribution in [0.15, 0.2) is 64.5 Å². The van der Waals surface area contributed by atoms with Crippen molar-refractivity contribution in [3.63, 3.8) is 0 Å². The molecular formula is C23H28ClN3O2S. The van der Waals surface area contributed by atoms with Gasteiger partial charge in [-0.2, -0.15) is 0 Å². The van der Waals surface area contributed by atoms with E-state index >= 15 is 0 Å². The van der Waals surface area contributed by atoms with Gasteiger partial charge in [-0.15, -0.1) is 12.4 Å². The summed E-state index contributed by atoms with van der Waals surface area (Å²) in [5, 5.41) is 4.29. The maximum Gasteiger partial charge on any atom is 0.206 e. The number of anilines is 1. The van der Waals surface area contributed by atoms with Crippen LogP contribution in [-0.4, -0.2) is 39.6 Å². The smallest absolute Gasteiger partial charge is 0.206 e. The zero-order chi connectivity index (χ0) is 20.4. The Balaban J connectivity index is 0.00000256. The number of nitrogens with zero attached hydrogens (tertiary/aromatic N) is 2. The maximum atomic E-state index is 13.3. The number of benzene rings is 2. The van der Waals surface area contributed by atoms with Gasteiger partial charge in [-0.3, -0.25) is 4.98 Å². The summed E-state index contributed by atoms with van der Waals surface area (Å²) in [5.41, 5.74) is 2.99. The molecule has 1 fully saturated rings. The Morgan fingerprint density at radius 1 is 0.967 bits per heavy atom. The summed E-state index contributed by atoms with van der Waals surface area (Å²) in [6.07, 6.45) is 2.86. The van der Waals surface area contributed by atoms with Gasteiger partial charge < -0.3 is 10.2 Å². The Morgan fingerprint density at radius 3 is 2.43 bits per heavy atom. The second-order valence-electron chi connectivity index (χ2n) is 7.83. The average molecular weight is 446 g/mol. The van der Waals surface area contributed by atoms with E-state index in [1.807, 2.05) is 24.3 Å². The Labute approximate surface area is 184 Å². The lowest BCUT2D eigenvalue weighted by atomic mass is 10.0. The first-order chi connectivity index (χ1) is 14.0. The van der Waals surface area contributed by atoms with Gasteiger partial charge in [-0.1, -0.05) is 26.0 Å². The Morgan fingerprint density at radius 2 is 1.70 bits per heavy atom. The molecule has 2 aromatic carbocycles. The van der Waals surface area contributed by atoms with E-state index in [1.165, 1.54) is 0 Å². The Bertz CT molecular complexity index is 1110. The predicted octanol–water partition coefficient (Wildman–Crippen LogP) is 4.41. The van der Waals surface area contributed by atoms with Crippen molar-refractivity contribution in [2.75, 3.05) is 31.1 Å². The van der Waals surface area contributed by atoms with Gasteiger partial charge in [0.25, 0.3) is 0 Å². The number of hydrogen-bond acceptors (Lipinski definition) is 5. The van der Waals surface area contributed by atoms with E-state index in [1.54, 1.807) is 30.5 Å². The van der Waals surface area contributed by atoms with Crippen LogP contribution in [0.2, 0.25) is 0 Å². The summed E-state index contributed by atoms with van der Waals surface area (Å²) in [4.78, 5) is 7.40. The van der Waals surface area contributed by atoms with Crippen molar-refractivity contribution in [3.8, 4) is 0 Å². The number of pyridine rings is 1. The summed E-state index contributed by atoms with van der Waals surface area (Å²) in [6, 6.07) is 14.5. The van der Waals surface area contributed by atoms with Gasteiger partial charge in [0.1, 0.15) is 0 Å².